The van der Waals surface area contributed by atoms with Crippen molar-refractivity contribution in [2.45, 2.75) is 26.7 Å². The van der Waals surface area contributed by atoms with Gasteiger partial charge in [-0.3, -0.25) is 10.7 Å². The van der Waals surface area contributed by atoms with Crippen LogP contribution >= 0.6 is 11.6 Å². The lowest BCUT2D eigenvalue weighted by Gasteiger charge is -2.07. The van der Waals surface area contributed by atoms with Gasteiger partial charge in [-0.15, -0.1) is 0 Å². The van der Waals surface area contributed by atoms with E-state index in [0.717, 1.165) is 18.5 Å². The predicted octanol–water partition coefficient (Wildman–Crippen LogP) is 3.79. The maximum Gasteiger partial charge on any atom is 0.126 e. The first-order valence-corrected chi connectivity index (χ1v) is 5.73. The Kier molecular flexibility index (Phi) is 5.29. The summed E-state index contributed by atoms with van der Waals surface area (Å²) in [6.07, 6.45) is 1.70. The SMILES string of the molecule is CC(C)CCC(=Nc1cccc(Cl)c1)NO. The van der Waals surface area contributed by atoms with Crippen molar-refractivity contribution < 1.29 is 5.21 Å². The summed E-state index contributed by atoms with van der Waals surface area (Å²) in [5.74, 6) is 1.15. The van der Waals surface area contributed by atoms with E-state index < -0.39 is 0 Å². The van der Waals surface area contributed by atoms with Crippen molar-refractivity contribution in [2.75, 3.05) is 0 Å². The molecule has 0 unspecified atom stereocenters. The van der Waals surface area contributed by atoms with Gasteiger partial charge in [0.1, 0.15) is 5.84 Å². The first kappa shape index (κ1) is 13.0. The number of rotatable bonds is 4. The van der Waals surface area contributed by atoms with Gasteiger partial charge in [-0.25, -0.2) is 4.99 Å². The highest BCUT2D eigenvalue weighted by molar-refractivity contribution is 6.30. The Morgan fingerprint density at radius 2 is 2.25 bits per heavy atom. The number of aliphatic imine (C=N–C) groups is 1. The molecule has 3 nitrogen and oxygen atoms in total. The molecule has 1 aromatic carbocycles. The fourth-order valence-electron chi connectivity index (χ4n) is 1.26. The molecule has 88 valence electrons. The van der Waals surface area contributed by atoms with Crippen LogP contribution in [0.1, 0.15) is 26.7 Å². The van der Waals surface area contributed by atoms with E-state index in [2.05, 4.69) is 24.3 Å². The number of nitrogens with zero attached hydrogens (tertiary/aromatic N) is 1. The van der Waals surface area contributed by atoms with Gasteiger partial charge < -0.3 is 0 Å². The fraction of sp³-hybridized carbons (Fsp3) is 0.417. The first-order valence-electron chi connectivity index (χ1n) is 5.35. The Balaban J connectivity index is 2.71. The average Bonchev–Trinajstić information content (AvgIpc) is 2.24. The highest BCUT2D eigenvalue weighted by Crippen LogP contribution is 2.18. The van der Waals surface area contributed by atoms with E-state index >= 15 is 0 Å². The van der Waals surface area contributed by atoms with Crippen LogP contribution in [-0.4, -0.2) is 11.0 Å². The van der Waals surface area contributed by atoms with E-state index in [1.165, 1.54) is 0 Å². The number of benzene rings is 1. The van der Waals surface area contributed by atoms with Crippen molar-refractivity contribution in [1.82, 2.24) is 5.48 Å². The van der Waals surface area contributed by atoms with E-state index in [1.807, 2.05) is 12.1 Å². The molecule has 0 aliphatic carbocycles. The lowest BCUT2D eigenvalue weighted by atomic mass is 10.1. The summed E-state index contributed by atoms with van der Waals surface area (Å²) < 4.78 is 0. The number of hydroxylamine groups is 1. The van der Waals surface area contributed by atoms with E-state index in [4.69, 9.17) is 16.8 Å². The zero-order valence-corrected chi connectivity index (χ0v) is 10.3. The number of amidine groups is 1. The van der Waals surface area contributed by atoms with E-state index in [9.17, 15) is 0 Å². The zero-order valence-electron chi connectivity index (χ0n) is 9.57. The van der Waals surface area contributed by atoms with Crippen LogP contribution in [0.15, 0.2) is 29.3 Å². The number of hydrogen-bond acceptors (Lipinski definition) is 2. The van der Waals surface area contributed by atoms with Gasteiger partial charge in [0.25, 0.3) is 0 Å². The highest BCUT2D eigenvalue weighted by Gasteiger charge is 2.01. The normalized spacial score (nSPS) is 11.9. The molecule has 0 aromatic heterocycles. The van der Waals surface area contributed by atoms with E-state index in [0.29, 0.717) is 16.8 Å². The maximum atomic E-state index is 8.96. The quantitative estimate of drug-likeness (QED) is 0.478. The molecular weight excluding hydrogens is 224 g/mol. The monoisotopic (exact) mass is 240 g/mol. The maximum absolute atomic E-state index is 8.96. The average molecular weight is 241 g/mol. The van der Waals surface area contributed by atoms with Crippen molar-refractivity contribution in [2.24, 2.45) is 10.9 Å². The Labute approximate surface area is 101 Å². The molecule has 0 fully saturated rings. The predicted molar refractivity (Wildman–Crippen MR) is 67.5 cm³/mol. The second kappa shape index (κ2) is 6.51. The number of hydrogen-bond donors (Lipinski definition) is 2. The third kappa shape index (κ3) is 4.64. The number of halogens is 1. The minimum atomic E-state index is 0.566. The van der Waals surface area contributed by atoms with Gasteiger partial charge in [-0.1, -0.05) is 31.5 Å². The third-order valence-corrected chi connectivity index (χ3v) is 2.39. The van der Waals surface area contributed by atoms with Crippen molar-refractivity contribution >= 4 is 23.1 Å². The van der Waals surface area contributed by atoms with Gasteiger partial charge in [-0.2, -0.15) is 0 Å². The van der Waals surface area contributed by atoms with Gasteiger partial charge in [0, 0.05) is 11.4 Å². The molecule has 0 heterocycles. The third-order valence-electron chi connectivity index (χ3n) is 2.16. The van der Waals surface area contributed by atoms with Gasteiger partial charge in [0.2, 0.25) is 0 Å². The molecule has 0 saturated heterocycles. The van der Waals surface area contributed by atoms with E-state index in [1.54, 1.807) is 12.1 Å². The first-order chi connectivity index (χ1) is 7.61. The van der Waals surface area contributed by atoms with Crippen LogP contribution < -0.4 is 5.48 Å². The van der Waals surface area contributed by atoms with Crippen LogP contribution in [0.3, 0.4) is 0 Å². The molecule has 4 heteroatoms. The Morgan fingerprint density at radius 3 is 2.81 bits per heavy atom. The summed E-state index contributed by atoms with van der Waals surface area (Å²) in [5, 5.41) is 9.60. The summed E-state index contributed by atoms with van der Waals surface area (Å²) in [6, 6.07) is 7.23. The summed E-state index contributed by atoms with van der Waals surface area (Å²) in [6.45, 7) is 4.27. The molecule has 0 aliphatic rings. The molecule has 2 N–H and O–H groups in total. The van der Waals surface area contributed by atoms with E-state index in [-0.39, 0.29) is 0 Å². The molecule has 0 atom stereocenters. The molecular formula is C12H17ClN2O. The minimum absolute atomic E-state index is 0.566. The van der Waals surface area contributed by atoms with Crippen LogP contribution in [0.25, 0.3) is 0 Å². The van der Waals surface area contributed by atoms with Crippen molar-refractivity contribution in [3.63, 3.8) is 0 Å². The minimum Gasteiger partial charge on any atom is -0.290 e. The smallest absolute Gasteiger partial charge is 0.126 e. The summed E-state index contributed by atoms with van der Waals surface area (Å²) in [7, 11) is 0. The van der Waals surface area contributed by atoms with Crippen molar-refractivity contribution in [3.8, 4) is 0 Å². The second-order valence-corrected chi connectivity index (χ2v) is 4.52. The molecule has 0 bridgehead atoms. The summed E-state index contributed by atoms with van der Waals surface area (Å²) in [5.41, 5.74) is 2.88. The topological polar surface area (TPSA) is 44.6 Å². The van der Waals surface area contributed by atoms with Crippen molar-refractivity contribution in [3.05, 3.63) is 29.3 Å². The molecule has 0 radical (unpaired) electrons. The largest absolute Gasteiger partial charge is 0.290 e. The molecule has 1 rings (SSSR count). The number of nitrogens with one attached hydrogen (secondary N) is 1. The van der Waals surface area contributed by atoms with Gasteiger partial charge in [0.15, 0.2) is 0 Å². The lowest BCUT2D eigenvalue weighted by molar-refractivity contribution is 0.231. The van der Waals surface area contributed by atoms with Crippen LogP contribution in [0.2, 0.25) is 5.02 Å². The summed E-state index contributed by atoms with van der Waals surface area (Å²) in [4.78, 5) is 4.28. The Bertz CT molecular complexity index is 364. The standard InChI is InChI=1S/C12H17ClN2O/c1-9(2)6-7-12(15-16)14-11-5-3-4-10(13)8-11/h3-5,8-9,16H,6-7H2,1-2H3,(H,14,15). The molecule has 0 saturated carbocycles. The van der Waals surface area contributed by atoms with Crippen molar-refractivity contribution in [1.29, 1.82) is 0 Å². The Morgan fingerprint density at radius 1 is 1.50 bits per heavy atom. The van der Waals surface area contributed by atoms with Gasteiger partial charge in [0.05, 0.1) is 5.69 Å². The van der Waals surface area contributed by atoms with Crippen LogP contribution in [0.5, 0.6) is 0 Å². The highest BCUT2D eigenvalue weighted by atomic mass is 35.5. The lowest BCUT2D eigenvalue weighted by Crippen LogP contribution is -2.19. The molecule has 16 heavy (non-hydrogen) atoms. The van der Waals surface area contributed by atoms with Gasteiger partial charge in [-0.05, 0) is 30.5 Å². The van der Waals surface area contributed by atoms with Crippen LogP contribution in [-0.2, 0) is 0 Å². The van der Waals surface area contributed by atoms with Crippen LogP contribution in [0.4, 0.5) is 5.69 Å². The zero-order chi connectivity index (χ0) is 12.0. The Hall–Kier alpha value is -1.06. The molecule has 0 amide bonds. The fourth-order valence-corrected chi connectivity index (χ4v) is 1.45. The van der Waals surface area contributed by atoms with Crippen LogP contribution in [0, 0.1) is 5.92 Å². The second-order valence-electron chi connectivity index (χ2n) is 4.08. The van der Waals surface area contributed by atoms with Gasteiger partial charge >= 0.3 is 0 Å². The molecule has 0 aliphatic heterocycles. The summed E-state index contributed by atoms with van der Waals surface area (Å²) >= 11 is 5.85. The molecule has 1 aromatic rings. The molecule has 0 spiro atoms.